The number of thiophene rings is 2. The Hall–Kier alpha value is -2.90. The first kappa shape index (κ1) is 35.0. The minimum absolute atomic E-state index is 0.0250. The molecule has 1 amide bonds. The van der Waals surface area contributed by atoms with Crippen LogP contribution in [0.4, 0.5) is 4.79 Å². The third-order valence-electron chi connectivity index (χ3n) is 8.22. The van der Waals surface area contributed by atoms with Crippen molar-refractivity contribution < 1.29 is 18.8 Å². The molecule has 11 heteroatoms. The summed E-state index contributed by atoms with van der Waals surface area (Å²) >= 11 is 4.25. The van der Waals surface area contributed by atoms with E-state index in [4.69, 9.17) is 9.16 Å². The number of hydrogen-bond donors (Lipinski definition) is 0. The van der Waals surface area contributed by atoms with Crippen molar-refractivity contribution in [2.75, 3.05) is 32.5 Å². The van der Waals surface area contributed by atoms with Crippen molar-refractivity contribution in [3.63, 3.8) is 0 Å². The van der Waals surface area contributed by atoms with Crippen LogP contribution in [0.5, 0.6) is 0 Å². The van der Waals surface area contributed by atoms with E-state index in [2.05, 4.69) is 68.9 Å². The predicted molar refractivity (Wildman–Crippen MR) is 187 cm³/mol. The summed E-state index contributed by atoms with van der Waals surface area (Å²) in [5, 5.41) is 15.4. The first-order valence-corrected chi connectivity index (χ1v) is 20.6. The Morgan fingerprint density at radius 2 is 1.93 bits per heavy atom. The van der Waals surface area contributed by atoms with Crippen molar-refractivity contribution >= 4 is 54.0 Å². The highest BCUT2D eigenvalue weighted by Gasteiger charge is 2.39. The number of nitriles is 1. The minimum Gasteiger partial charge on any atom is -0.465 e. The average molecular weight is 680 g/mol. The number of carbonyl (C=O) groups is 2. The third-order valence-corrected chi connectivity index (χ3v) is 15.6. The van der Waals surface area contributed by atoms with E-state index >= 15 is 0 Å². The van der Waals surface area contributed by atoms with Crippen molar-refractivity contribution in [3.8, 4) is 17.9 Å². The fourth-order valence-corrected chi connectivity index (χ4v) is 8.53. The Morgan fingerprint density at radius 3 is 2.67 bits per heavy atom. The molecule has 0 N–H and O–H groups in total. The standard InChI is InChI=1S/C34H41N3O4S3Si/c1-34(2,3)45(5,6)41-28(23-26-9-7-8-25(22-26)10-12-30-27(24-35)16-20-42-30)14-17-36-19-21-43-33(39)37(36)18-15-29-11-13-31(44-29)32(38)40-4/h7-9,11,13,16,20,22,28H,14-15,17-19,21,23H2,1-6H3. The second-order valence-corrected chi connectivity index (χ2v) is 20.3. The Morgan fingerprint density at radius 1 is 1.13 bits per heavy atom. The van der Waals surface area contributed by atoms with Crippen LogP contribution in [0.25, 0.3) is 0 Å². The largest absolute Gasteiger partial charge is 0.465 e. The molecule has 0 bridgehead atoms. The Balaban J connectivity index is 1.48. The molecular formula is C34H41N3O4S3Si. The minimum atomic E-state index is -2.08. The molecule has 3 aromatic rings. The summed E-state index contributed by atoms with van der Waals surface area (Å²) in [6.07, 6.45) is 2.17. The van der Waals surface area contributed by atoms with Gasteiger partial charge in [-0.1, -0.05) is 50.6 Å². The van der Waals surface area contributed by atoms with Crippen LogP contribution < -0.4 is 0 Å². The van der Waals surface area contributed by atoms with E-state index in [1.54, 1.807) is 12.1 Å². The summed E-state index contributed by atoms with van der Waals surface area (Å²) in [5.41, 5.74) is 2.67. The van der Waals surface area contributed by atoms with E-state index in [1.165, 1.54) is 41.5 Å². The van der Waals surface area contributed by atoms with Gasteiger partial charge in [0.1, 0.15) is 10.9 Å². The van der Waals surface area contributed by atoms with Crippen LogP contribution in [0.2, 0.25) is 18.1 Å². The zero-order chi connectivity index (χ0) is 32.6. The molecule has 1 saturated heterocycles. The summed E-state index contributed by atoms with van der Waals surface area (Å²) in [4.78, 5) is 27.3. The molecule has 1 aliphatic rings. The molecule has 1 fully saturated rings. The monoisotopic (exact) mass is 679 g/mol. The fraction of sp³-hybridized carbons (Fsp3) is 0.441. The van der Waals surface area contributed by atoms with Gasteiger partial charge in [0.15, 0.2) is 8.32 Å². The van der Waals surface area contributed by atoms with Gasteiger partial charge in [0.05, 0.1) is 23.7 Å². The maximum atomic E-state index is 13.0. The lowest BCUT2D eigenvalue weighted by atomic mass is 10.0. The molecule has 1 aliphatic heterocycles. The zero-order valence-electron chi connectivity index (χ0n) is 26.8. The molecule has 1 unspecified atom stereocenters. The topological polar surface area (TPSA) is 82.9 Å². The summed E-state index contributed by atoms with van der Waals surface area (Å²) in [6, 6.07) is 16.0. The number of rotatable bonds is 11. The molecule has 2 aromatic heterocycles. The lowest BCUT2D eigenvalue weighted by Crippen LogP contribution is -2.51. The molecule has 0 radical (unpaired) electrons. The number of carbonyl (C=O) groups excluding carboxylic acids is 2. The van der Waals surface area contributed by atoms with Crippen molar-refractivity contribution in [1.82, 2.24) is 10.0 Å². The lowest BCUT2D eigenvalue weighted by Gasteiger charge is -2.41. The molecule has 1 aromatic carbocycles. The summed E-state index contributed by atoms with van der Waals surface area (Å²) in [7, 11) is -0.698. The predicted octanol–water partition coefficient (Wildman–Crippen LogP) is 7.82. The number of thioether (sulfide) groups is 1. The fourth-order valence-electron chi connectivity index (χ4n) is 4.70. The van der Waals surface area contributed by atoms with Crippen LogP contribution in [0.1, 0.15) is 63.3 Å². The molecule has 45 heavy (non-hydrogen) atoms. The summed E-state index contributed by atoms with van der Waals surface area (Å²) < 4.78 is 11.8. The second kappa shape index (κ2) is 15.6. The van der Waals surface area contributed by atoms with Gasteiger partial charge in [0.25, 0.3) is 5.24 Å². The first-order valence-electron chi connectivity index (χ1n) is 15.0. The van der Waals surface area contributed by atoms with Crippen molar-refractivity contribution in [2.45, 2.75) is 64.3 Å². The van der Waals surface area contributed by atoms with Crippen molar-refractivity contribution in [1.29, 1.82) is 5.26 Å². The number of amides is 1. The van der Waals surface area contributed by atoms with Gasteiger partial charge < -0.3 is 9.16 Å². The smallest absolute Gasteiger partial charge is 0.348 e. The molecular weight excluding hydrogens is 639 g/mol. The van der Waals surface area contributed by atoms with Gasteiger partial charge >= 0.3 is 5.97 Å². The highest BCUT2D eigenvalue weighted by atomic mass is 32.2. The first-order chi connectivity index (χ1) is 21.4. The van der Waals surface area contributed by atoms with Crippen LogP contribution in [0.15, 0.2) is 47.8 Å². The number of benzene rings is 1. The zero-order valence-corrected chi connectivity index (χ0v) is 30.3. The molecule has 7 nitrogen and oxygen atoms in total. The average Bonchev–Trinajstić information content (AvgIpc) is 3.67. The van der Waals surface area contributed by atoms with E-state index in [0.29, 0.717) is 30.0 Å². The summed E-state index contributed by atoms with van der Waals surface area (Å²) in [6.45, 7) is 13.4. The number of methoxy groups -OCH3 is 1. The van der Waals surface area contributed by atoms with Crippen molar-refractivity contribution in [3.05, 3.63) is 79.2 Å². The normalized spacial score (nSPS) is 14.9. The number of hydrazine groups is 1. The maximum absolute atomic E-state index is 13.0. The van der Waals surface area contributed by atoms with Crippen LogP contribution >= 0.6 is 34.4 Å². The van der Waals surface area contributed by atoms with E-state index in [9.17, 15) is 14.9 Å². The van der Waals surface area contributed by atoms with E-state index in [1.807, 2.05) is 28.6 Å². The van der Waals surface area contributed by atoms with E-state index in [-0.39, 0.29) is 22.4 Å². The van der Waals surface area contributed by atoms with Crippen LogP contribution in [0, 0.1) is 23.2 Å². The molecule has 0 spiro atoms. The van der Waals surface area contributed by atoms with Gasteiger partial charge in [-0.2, -0.15) is 5.26 Å². The third kappa shape index (κ3) is 9.55. The second-order valence-electron chi connectivity index (χ2n) is 12.4. The van der Waals surface area contributed by atoms with Crippen LogP contribution in [0.3, 0.4) is 0 Å². The molecule has 0 saturated carbocycles. The van der Waals surface area contributed by atoms with Gasteiger partial charge in [0.2, 0.25) is 0 Å². The SMILES string of the molecule is COC(=O)c1ccc(CCN2C(=O)SCCN2CCC(Cc2cccc(C#Cc3sccc3C#N)c2)O[Si](C)(C)C(C)(C)C)s1. The molecule has 3 heterocycles. The Labute approximate surface area is 280 Å². The number of nitrogens with zero attached hydrogens (tertiary/aromatic N) is 3. The molecule has 238 valence electrons. The van der Waals surface area contributed by atoms with Crippen LogP contribution in [-0.4, -0.2) is 68.1 Å². The van der Waals surface area contributed by atoms with E-state index in [0.717, 1.165) is 46.0 Å². The van der Waals surface area contributed by atoms with Crippen molar-refractivity contribution in [2.24, 2.45) is 0 Å². The number of hydrogen-bond acceptors (Lipinski definition) is 9. The quantitative estimate of drug-likeness (QED) is 0.116. The Kier molecular flexibility index (Phi) is 12.1. The van der Waals surface area contributed by atoms with Crippen LogP contribution in [-0.2, 0) is 22.0 Å². The van der Waals surface area contributed by atoms with E-state index < -0.39 is 8.32 Å². The lowest BCUT2D eigenvalue weighted by molar-refractivity contribution is 0.0161. The number of ether oxygens (including phenoxy) is 1. The highest BCUT2D eigenvalue weighted by molar-refractivity contribution is 8.13. The molecule has 1 atom stereocenters. The highest BCUT2D eigenvalue weighted by Crippen LogP contribution is 2.38. The van der Waals surface area contributed by atoms with Gasteiger partial charge in [0, 0.05) is 42.2 Å². The van der Waals surface area contributed by atoms with Gasteiger partial charge in [-0.25, -0.2) is 9.80 Å². The maximum Gasteiger partial charge on any atom is 0.348 e. The van der Waals surface area contributed by atoms with Gasteiger partial charge in [-0.3, -0.25) is 9.80 Å². The molecule has 0 aliphatic carbocycles. The summed E-state index contributed by atoms with van der Waals surface area (Å²) in [5.74, 6) is 6.82. The molecule has 4 rings (SSSR count). The van der Waals surface area contributed by atoms with Gasteiger partial charge in [-0.15, -0.1) is 22.7 Å². The number of esters is 1. The Bertz CT molecular complexity index is 1590. The van der Waals surface area contributed by atoms with Gasteiger partial charge in [-0.05, 0) is 78.2 Å².